The summed E-state index contributed by atoms with van der Waals surface area (Å²) >= 11 is 0. The van der Waals surface area contributed by atoms with Crippen molar-refractivity contribution in [3.05, 3.63) is 42.5 Å². The van der Waals surface area contributed by atoms with E-state index in [-0.39, 0.29) is 30.1 Å². The molecule has 0 unspecified atom stereocenters. The SMILES string of the molecule is C=CC(=O)Nc1ccccc1CC(=O)N1CCCN(C(=O)C2CC2)CC1. The van der Waals surface area contributed by atoms with Crippen molar-refractivity contribution >= 4 is 23.4 Å². The van der Waals surface area contributed by atoms with Crippen molar-refractivity contribution in [2.75, 3.05) is 31.5 Å². The van der Waals surface area contributed by atoms with Crippen LogP contribution >= 0.6 is 0 Å². The van der Waals surface area contributed by atoms with Crippen molar-refractivity contribution in [3.8, 4) is 0 Å². The van der Waals surface area contributed by atoms with Crippen LogP contribution in [0.1, 0.15) is 24.8 Å². The molecule has 1 aromatic rings. The van der Waals surface area contributed by atoms with Gasteiger partial charge in [-0.2, -0.15) is 0 Å². The molecule has 6 nitrogen and oxygen atoms in total. The van der Waals surface area contributed by atoms with E-state index in [1.165, 1.54) is 6.08 Å². The minimum Gasteiger partial charge on any atom is -0.341 e. The van der Waals surface area contributed by atoms with Gasteiger partial charge >= 0.3 is 0 Å². The number of rotatable bonds is 5. The molecule has 0 atom stereocenters. The average Bonchev–Trinajstić information content (AvgIpc) is 3.49. The summed E-state index contributed by atoms with van der Waals surface area (Å²) in [4.78, 5) is 40.3. The number of anilines is 1. The summed E-state index contributed by atoms with van der Waals surface area (Å²) in [6.07, 6.45) is 4.25. The first-order valence-corrected chi connectivity index (χ1v) is 9.16. The molecule has 0 radical (unpaired) electrons. The highest BCUT2D eigenvalue weighted by Crippen LogP contribution is 2.31. The Morgan fingerprint density at radius 2 is 1.77 bits per heavy atom. The number of benzene rings is 1. The van der Waals surface area contributed by atoms with E-state index >= 15 is 0 Å². The summed E-state index contributed by atoms with van der Waals surface area (Å²) in [5.41, 5.74) is 1.41. The van der Waals surface area contributed by atoms with Gasteiger partial charge < -0.3 is 15.1 Å². The molecular weight excluding hydrogens is 330 g/mol. The van der Waals surface area contributed by atoms with E-state index in [9.17, 15) is 14.4 Å². The molecule has 2 aliphatic rings. The fourth-order valence-electron chi connectivity index (χ4n) is 3.23. The summed E-state index contributed by atoms with van der Waals surface area (Å²) in [5, 5.41) is 2.74. The van der Waals surface area contributed by atoms with E-state index in [4.69, 9.17) is 0 Å². The molecule has 1 aromatic carbocycles. The quantitative estimate of drug-likeness (QED) is 0.819. The molecule has 138 valence electrons. The van der Waals surface area contributed by atoms with Gasteiger partial charge in [0.1, 0.15) is 0 Å². The highest BCUT2D eigenvalue weighted by molar-refractivity contribution is 5.99. The van der Waals surface area contributed by atoms with E-state index in [2.05, 4.69) is 11.9 Å². The third-order valence-corrected chi connectivity index (χ3v) is 4.89. The van der Waals surface area contributed by atoms with Crippen LogP contribution < -0.4 is 5.32 Å². The van der Waals surface area contributed by atoms with Gasteiger partial charge in [0, 0.05) is 37.8 Å². The Hall–Kier alpha value is -2.63. The molecule has 0 bridgehead atoms. The lowest BCUT2D eigenvalue weighted by atomic mass is 10.1. The lowest BCUT2D eigenvalue weighted by Gasteiger charge is -2.22. The minimum absolute atomic E-state index is 0.0195. The van der Waals surface area contributed by atoms with E-state index in [0.717, 1.165) is 31.4 Å². The van der Waals surface area contributed by atoms with E-state index in [0.29, 0.717) is 25.3 Å². The van der Waals surface area contributed by atoms with Crippen molar-refractivity contribution in [1.29, 1.82) is 0 Å². The van der Waals surface area contributed by atoms with Crippen LogP contribution in [-0.4, -0.2) is 53.7 Å². The third kappa shape index (κ3) is 4.50. The van der Waals surface area contributed by atoms with Crippen LogP contribution in [-0.2, 0) is 20.8 Å². The van der Waals surface area contributed by atoms with Crippen LogP contribution in [0.15, 0.2) is 36.9 Å². The summed E-state index contributed by atoms with van der Waals surface area (Å²) < 4.78 is 0. The van der Waals surface area contributed by atoms with Gasteiger partial charge in [-0.1, -0.05) is 24.8 Å². The van der Waals surface area contributed by atoms with Gasteiger partial charge in [-0.25, -0.2) is 0 Å². The Kier molecular flexibility index (Phi) is 5.71. The van der Waals surface area contributed by atoms with Crippen LogP contribution in [0.3, 0.4) is 0 Å². The van der Waals surface area contributed by atoms with Crippen molar-refractivity contribution in [1.82, 2.24) is 9.80 Å². The van der Waals surface area contributed by atoms with Crippen LogP contribution in [0.4, 0.5) is 5.69 Å². The van der Waals surface area contributed by atoms with Crippen LogP contribution in [0.5, 0.6) is 0 Å². The maximum atomic E-state index is 12.7. The maximum absolute atomic E-state index is 12.7. The smallest absolute Gasteiger partial charge is 0.247 e. The molecule has 1 aliphatic heterocycles. The number of nitrogens with zero attached hydrogens (tertiary/aromatic N) is 2. The third-order valence-electron chi connectivity index (χ3n) is 4.89. The molecule has 1 heterocycles. The molecule has 1 aliphatic carbocycles. The van der Waals surface area contributed by atoms with Gasteiger partial charge in [-0.15, -0.1) is 0 Å². The lowest BCUT2D eigenvalue weighted by Crippen LogP contribution is -2.38. The maximum Gasteiger partial charge on any atom is 0.247 e. The van der Waals surface area contributed by atoms with Crippen molar-refractivity contribution in [2.45, 2.75) is 25.7 Å². The van der Waals surface area contributed by atoms with Gasteiger partial charge in [0.15, 0.2) is 0 Å². The number of nitrogens with one attached hydrogen (secondary N) is 1. The summed E-state index contributed by atoms with van der Waals surface area (Å²) in [6.45, 7) is 6.01. The van der Waals surface area contributed by atoms with Gasteiger partial charge in [-0.3, -0.25) is 14.4 Å². The van der Waals surface area contributed by atoms with E-state index < -0.39 is 0 Å². The number of hydrogen-bond donors (Lipinski definition) is 1. The van der Waals surface area contributed by atoms with E-state index in [1.807, 2.05) is 28.0 Å². The summed E-state index contributed by atoms with van der Waals surface area (Å²) in [5.74, 6) is 0.189. The standard InChI is InChI=1S/C20H25N3O3/c1-2-18(24)21-17-7-4-3-6-16(17)14-19(25)22-10-5-11-23(13-12-22)20(26)15-8-9-15/h2-4,6-7,15H,1,5,8-14H2,(H,21,24). The normalized spacial score (nSPS) is 17.4. The monoisotopic (exact) mass is 355 g/mol. The fourth-order valence-corrected chi connectivity index (χ4v) is 3.23. The predicted molar refractivity (Wildman–Crippen MR) is 99.5 cm³/mol. The molecule has 1 saturated heterocycles. The number of amides is 3. The second-order valence-corrected chi connectivity index (χ2v) is 6.86. The molecule has 1 N–H and O–H groups in total. The Balaban J connectivity index is 1.60. The number of hydrogen-bond acceptors (Lipinski definition) is 3. The van der Waals surface area contributed by atoms with Gasteiger partial charge in [0.05, 0.1) is 6.42 Å². The van der Waals surface area contributed by atoms with E-state index in [1.54, 1.807) is 6.07 Å². The van der Waals surface area contributed by atoms with Gasteiger partial charge in [-0.05, 0) is 37.0 Å². The van der Waals surface area contributed by atoms with Crippen LogP contribution in [0, 0.1) is 5.92 Å². The number of carbonyl (C=O) groups is 3. The molecule has 3 amide bonds. The molecule has 26 heavy (non-hydrogen) atoms. The average molecular weight is 355 g/mol. The van der Waals surface area contributed by atoms with Crippen LogP contribution in [0.25, 0.3) is 0 Å². The first kappa shape index (κ1) is 18.2. The van der Waals surface area contributed by atoms with Crippen molar-refractivity contribution < 1.29 is 14.4 Å². The summed E-state index contributed by atoms with van der Waals surface area (Å²) in [7, 11) is 0. The zero-order chi connectivity index (χ0) is 18.5. The van der Waals surface area contributed by atoms with Crippen molar-refractivity contribution in [3.63, 3.8) is 0 Å². The number of para-hydroxylation sites is 1. The minimum atomic E-state index is -0.297. The first-order chi connectivity index (χ1) is 12.6. The molecule has 0 spiro atoms. The molecule has 2 fully saturated rings. The van der Waals surface area contributed by atoms with Crippen LogP contribution in [0.2, 0.25) is 0 Å². The Bertz CT molecular complexity index is 712. The molecule has 6 heteroatoms. The lowest BCUT2D eigenvalue weighted by molar-refractivity contribution is -0.134. The zero-order valence-corrected chi connectivity index (χ0v) is 14.9. The Labute approximate surface area is 153 Å². The summed E-state index contributed by atoms with van der Waals surface area (Å²) in [6, 6.07) is 7.30. The second kappa shape index (κ2) is 8.17. The highest BCUT2D eigenvalue weighted by Gasteiger charge is 2.34. The Morgan fingerprint density at radius 1 is 1.08 bits per heavy atom. The predicted octanol–water partition coefficient (Wildman–Crippen LogP) is 1.82. The molecule has 0 aromatic heterocycles. The van der Waals surface area contributed by atoms with Gasteiger partial charge in [0.2, 0.25) is 17.7 Å². The second-order valence-electron chi connectivity index (χ2n) is 6.86. The molecule has 3 rings (SSSR count). The molecular formula is C20H25N3O3. The highest BCUT2D eigenvalue weighted by atomic mass is 16.2. The fraction of sp³-hybridized carbons (Fsp3) is 0.450. The van der Waals surface area contributed by atoms with Gasteiger partial charge in [0.25, 0.3) is 0 Å². The Morgan fingerprint density at radius 3 is 2.50 bits per heavy atom. The molecule has 1 saturated carbocycles. The zero-order valence-electron chi connectivity index (χ0n) is 14.9. The largest absolute Gasteiger partial charge is 0.341 e. The first-order valence-electron chi connectivity index (χ1n) is 9.16. The topological polar surface area (TPSA) is 69.7 Å². The van der Waals surface area contributed by atoms with Crippen molar-refractivity contribution in [2.24, 2.45) is 5.92 Å². The number of carbonyl (C=O) groups excluding carboxylic acids is 3.